The molecule has 1 aromatic heterocycles. The summed E-state index contributed by atoms with van der Waals surface area (Å²) in [6.45, 7) is 0.935. The Bertz CT molecular complexity index is 1240. The lowest BCUT2D eigenvalue weighted by molar-refractivity contribution is -0.222. The van der Waals surface area contributed by atoms with Crippen molar-refractivity contribution in [1.82, 2.24) is 4.90 Å². The van der Waals surface area contributed by atoms with Crippen molar-refractivity contribution >= 4 is 28.2 Å². The monoisotopic (exact) mass is 455 g/mol. The Balaban J connectivity index is 1.60. The highest BCUT2D eigenvalue weighted by atomic mass is 32.1. The zero-order valence-electron chi connectivity index (χ0n) is 19.1. The Morgan fingerprint density at radius 1 is 0.939 bits per heavy atom. The highest BCUT2D eigenvalue weighted by molar-refractivity contribution is 7.10. The molecule has 4 heteroatoms. The summed E-state index contributed by atoms with van der Waals surface area (Å²) in [4.78, 5) is 3.43. The van der Waals surface area contributed by atoms with Crippen LogP contribution in [0.5, 0.6) is 5.75 Å². The molecule has 1 heterocycles. The van der Waals surface area contributed by atoms with Gasteiger partial charge >= 0.3 is 0 Å². The van der Waals surface area contributed by atoms with Crippen LogP contribution in [0, 0.1) is 0 Å². The zero-order chi connectivity index (χ0) is 22.7. The quantitative estimate of drug-likeness (QED) is 0.261. The Kier molecular flexibility index (Phi) is 6.32. The van der Waals surface area contributed by atoms with Gasteiger partial charge in [0.2, 0.25) is 5.79 Å². The van der Waals surface area contributed by atoms with Crippen LogP contribution < -0.4 is 4.74 Å². The predicted molar refractivity (Wildman–Crippen MR) is 138 cm³/mol. The molecule has 0 fully saturated rings. The fourth-order valence-electron chi connectivity index (χ4n) is 4.47. The molecule has 0 spiro atoms. The Hall–Kier alpha value is -2.92. The second kappa shape index (κ2) is 9.52. The van der Waals surface area contributed by atoms with Crippen molar-refractivity contribution in [3.63, 3.8) is 0 Å². The minimum Gasteiger partial charge on any atom is -0.457 e. The molecule has 1 aliphatic carbocycles. The van der Waals surface area contributed by atoms with Crippen LogP contribution in [0.3, 0.4) is 0 Å². The first-order valence-electron chi connectivity index (χ1n) is 11.4. The fourth-order valence-corrected chi connectivity index (χ4v) is 5.26. The Morgan fingerprint density at radius 2 is 1.76 bits per heavy atom. The molecule has 3 nitrogen and oxygen atoms in total. The van der Waals surface area contributed by atoms with E-state index in [-0.39, 0.29) is 6.10 Å². The van der Waals surface area contributed by atoms with E-state index in [0.29, 0.717) is 6.42 Å². The summed E-state index contributed by atoms with van der Waals surface area (Å²) in [5, 5.41) is 4.37. The van der Waals surface area contributed by atoms with E-state index in [0.717, 1.165) is 40.6 Å². The van der Waals surface area contributed by atoms with Gasteiger partial charge in [-0.2, -0.15) is 0 Å². The molecule has 0 bridgehead atoms. The van der Waals surface area contributed by atoms with Crippen LogP contribution in [0.25, 0.3) is 16.8 Å². The van der Waals surface area contributed by atoms with Gasteiger partial charge in [0.1, 0.15) is 5.75 Å². The van der Waals surface area contributed by atoms with Crippen LogP contribution in [0.2, 0.25) is 0 Å². The maximum absolute atomic E-state index is 7.06. The first-order valence-corrected chi connectivity index (χ1v) is 12.3. The molecule has 168 valence electrons. The minimum absolute atomic E-state index is 0.0677. The number of ether oxygens (including phenoxy) is 2. The van der Waals surface area contributed by atoms with E-state index >= 15 is 0 Å². The molecule has 2 atom stereocenters. The average Bonchev–Trinajstić information content (AvgIpc) is 3.37. The molecule has 1 unspecified atom stereocenters. The molecule has 1 aliphatic rings. The van der Waals surface area contributed by atoms with Crippen LogP contribution >= 0.6 is 11.3 Å². The molecule has 0 N–H and O–H groups in total. The normalized spacial score (nSPS) is 18.4. The predicted octanol–water partition coefficient (Wildman–Crippen LogP) is 7.26. The van der Waals surface area contributed by atoms with Crippen molar-refractivity contribution < 1.29 is 9.47 Å². The summed E-state index contributed by atoms with van der Waals surface area (Å²) in [5.74, 6) is -0.0630. The second-order valence-electron chi connectivity index (χ2n) is 8.74. The summed E-state index contributed by atoms with van der Waals surface area (Å²) >= 11 is 1.74. The lowest BCUT2D eigenvalue weighted by Crippen LogP contribution is -2.39. The Labute approximate surface area is 199 Å². The number of thiophene rings is 1. The van der Waals surface area contributed by atoms with E-state index in [4.69, 9.17) is 9.47 Å². The average molecular weight is 456 g/mol. The molecule has 3 aromatic carbocycles. The molecule has 0 saturated heterocycles. The first-order chi connectivity index (χ1) is 16.1. The van der Waals surface area contributed by atoms with Gasteiger partial charge in [-0.15, -0.1) is 11.3 Å². The van der Waals surface area contributed by atoms with Gasteiger partial charge in [-0.05, 0) is 49.0 Å². The summed E-state index contributed by atoms with van der Waals surface area (Å²) in [6.07, 6.45) is 5.81. The second-order valence-corrected chi connectivity index (χ2v) is 9.72. The third-order valence-electron chi connectivity index (χ3n) is 6.11. The molecule has 33 heavy (non-hydrogen) atoms. The van der Waals surface area contributed by atoms with Crippen molar-refractivity contribution in [2.75, 3.05) is 20.6 Å². The van der Waals surface area contributed by atoms with E-state index in [1.807, 2.05) is 6.07 Å². The molecular formula is C29H29NO2S. The smallest absolute Gasteiger partial charge is 0.242 e. The fraction of sp³-hybridized carbons (Fsp3) is 0.241. The van der Waals surface area contributed by atoms with E-state index in [2.05, 4.69) is 109 Å². The third-order valence-corrected chi connectivity index (χ3v) is 7.08. The minimum atomic E-state index is -0.906. The van der Waals surface area contributed by atoms with E-state index in [1.54, 1.807) is 11.3 Å². The van der Waals surface area contributed by atoms with E-state index < -0.39 is 5.79 Å². The molecule has 5 rings (SSSR count). The van der Waals surface area contributed by atoms with Crippen LogP contribution in [-0.4, -0.2) is 25.5 Å². The largest absolute Gasteiger partial charge is 0.457 e. The topological polar surface area (TPSA) is 21.7 Å². The van der Waals surface area contributed by atoms with Gasteiger partial charge in [0.15, 0.2) is 0 Å². The van der Waals surface area contributed by atoms with Gasteiger partial charge in [-0.1, -0.05) is 78.9 Å². The van der Waals surface area contributed by atoms with Crippen LogP contribution in [0.4, 0.5) is 0 Å². The zero-order valence-corrected chi connectivity index (χ0v) is 19.9. The van der Waals surface area contributed by atoms with Gasteiger partial charge in [-0.25, -0.2) is 0 Å². The summed E-state index contributed by atoms with van der Waals surface area (Å²) in [5.41, 5.74) is 2.22. The molecule has 0 aliphatic heterocycles. The summed E-state index contributed by atoms with van der Waals surface area (Å²) in [6, 6.07) is 27.3. The number of hydrogen-bond acceptors (Lipinski definition) is 4. The highest BCUT2D eigenvalue weighted by Gasteiger charge is 2.41. The number of hydrogen-bond donors (Lipinski definition) is 0. The highest BCUT2D eigenvalue weighted by Crippen LogP contribution is 2.44. The van der Waals surface area contributed by atoms with Crippen molar-refractivity contribution in [3.05, 3.63) is 106 Å². The lowest BCUT2D eigenvalue weighted by Gasteiger charge is -2.40. The van der Waals surface area contributed by atoms with E-state index in [1.165, 1.54) is 4.88 Å². The van der Waals surface area contributed by atoms with Gasteiger partial charge in [-0.3, -0.25) is 0 Å². The van der Waals surface area contributed by atoms with Crippen LogP contribution in [0.1, 0.15) is 34.9 Å². The standard InChI is InChI=1S/C29H29NO2S/c1-30(2)20-18-27(28-17-9-21-33-28)32-29(19-8-13-23-11-4-6-15-25(23)29)31-26-16-7-12-22-10-3-5-14-24(22)26/h3-17,21,27H,18-20H2,1-2H3/t27-,29?/m0/s1. The van der Waals surface area contributed by atoms with Gasteiger partial charge in [0.25, 0.3) is 0 Å². The Morgan fingerprint density at radius 3 is 2.61 bits per heavy atom. The van der Waals surface area contributed by atoms with Crippen LogP contribution in [-0.2, 0) is 10.5 Å². The molecule has 0 radical (unpaired) electrons. The number of fused-ring (bicyclic) bond motifs is 2. The lowest BCUT2D eigenvalue weighted by atomic mass is 9.91. The van der Waals surface area contributed by atoms with Crippen molar-refractivity contribution in [2.45, 2.75) is 24.7 Å². The SMILES string of the molecule is CN(C)CC[C@H](OC1(Oc2cccc3ccccc23)CC=Cc2ccccc21)c1cccs1. The first kappa shape index (κ1) is 21.9. The van der Waals surface area contributed by atoms with Crippen molar-refractivity contribution in [2.24, 2.45) is 0 Å². The third kappa shape index (κ3) is 4.60. The summed E-state index contributed by atoms with van der Waals surface area (Å²) < 4.78 is 14.0. The van der Waals surface area contributed by atoms with Gasteiger partial charge in [0, 0.05) is 28.8 Å². The van der Waals surface area contributed by atoms with Crippen molar-refractivity contribution in [3.8, 4) is 5.75 Å². The molecule has 0 amide bonds. The van der Waals surface area contributed by atoms with Crippen LogP contribution in [0.15, 0.2) is 90.3 Å². The maximum atomic E-state index is 7.06. The van der Waals surface area contributed by atoms with Gasteiger partial charge < -0.3 is 14.4 Å². The van der Waals surface area contributed by atoms with E-state index in [9.17, 15) is 0 Å². The maximum Gasteiger partial charge on any atom is 0.242 e. The molecular weight excluding hydrogens is 426 g/mol. The van der Waals surface area contributed by atoms with Crippen molar-refractivity contribution in [1.29, 1.82) is 0 Å². The number of benzene rings is 3. The molecule has 0 saturated carbocycles. The number of nitrogens with zero attached hydrogens (tertiary/aromatic N) is 1. The van der Waals surface area contributed by atoms with Gasteiger partial charge in [0.05, 0.1) is 6.10 Å². The number of rotatable bonds is 8. The molecule has 4 aromatic rings. The summed E-state index contributed by atoms with van der Waals surface area (Å²) in [7, 11) is 4.21.